The number of nitrogens with zero attached hydrogens (tertiary/aromatic N) is 2. The van der Waals surface area contributed by atoms with Crippen LogP contribution in [-0.2, 0) is 4.79 Å². The molecule has 1 heterocycles. The van der Waals surface area contributed by atoms with E-state index in [1.165, 1.54) is 6.08 Å². The number of carbonyl (C=O) groups excluding carboxylic acids is 1. The van der Waals surface area contributed by atoms with Crippen LogP contribution < -0.4 is 16.4 Å². The van der Waals surface area contributed by atoms with Gasteiger partial charge in [-0.15, -0.1) is 0 Å². The van der Waals surface area contributed by atoms with Crippen molar-refractivity contribution in [3.8, 4) is 0 Å². The molecule has 4 nitrogen and oxygen atoms in total. The topological polar surface area (TPSA) is 68.9 Å². The molecule has 0 bridgehead atoms. The summed E-state index contributed by atoms with van der Waals surface area (Å²) >= 11 is 0. The second-order valence-electron chi connectivity index (χ2n) is 2.79. The third-order valence-corrected chi connectivity index (χ3v) is 1.69. The molecule has 0 saturated carbocycles. The summed E-state index contributed by atoms with van der Waals surface area (Å²) in [5.74, 6) is -0.579. The van der Waals surface area contributed by atoms with Gasteiger partial charge < -0.3 is 5.73 Å². The zero-order chi connectivity index (χ0) is 12.7. The van der Waals surface area contributed by atoms with Crippen LogP contribution in [-0.4, -0.2) is 15.9 Å². The maximum absolute atomic E-state index is 11.0. The lowest BCUT2D eigenvalue weighted by Gasteiger charge is -1.96. The zero-order valence-corrected chi connectivity index (χ0v) is 9.95. The maximum Gasteiger partial charge on any atom is 0.250 e. The van der Waals surface area contributed by atoms with Crippen molar-refractivity contribution in [2.45, 2.75) is 20.8 Å². The average molecular weight is 219 g/mol. The first-order valence-electron chi connectivity index (χ1n) is 5.01. The van der Waals surface area contributed by atoms with E-state index in [1.807, 2.05) is 13.8 Å². The molecule has 1 rings (SSSR count). The first kappa shape index (κ1) is 14.0. The number of primary amides is 1. The first-order valence-corrected chi connectivity index (χ1v) is 5.01. The second-order valence-corrected chi connectivity index (χ2v) is 2.79. The van der Waals surface area contributed by atoms with Gasteiger partial charge in [-0.3, -0.25) is 9.78 Å². The Bertz CT molecular complexity index is 491. The normalized spacial score (nSPS) is 10.9. The summed E-state index contributed by atoms with van der Waals surface area (Å²) in [5.41, 5.74) is 6.10. The van der Waals surface area contributed by atoms with Crippen LogP contribution in [0.15, 0.2) is 18.9 Å². The summed E-state index contributed by atoms with van der Waals surface area (Å²) in [7, 11) is 0. The molecule has 0 saturated heterocycles. The highest BCUT2D eigenvalue weighted by Crippen LogP contribution is 1.89. The van der Waals surface area contributed by atoms with E-state index in [-0.39, 0.29) is 5.57 Å². The van der Waals surface area contributed by atoms with Crippen LogP contribution >= 0.6 is 0 Å². The number of carbonyl (C=O) groups is 1. The Labute approximate surface area is 95.2 Å². The number of aryl methyl sites for hydroxylation is 1. The van der Waals surface area contributed by atoms with Gasteiger partial charge in [0.05, 0.1) is 16.6 Å². The molecule has 0 unspecified atom stereocenters. The molecule has 1 aromatic heterocycles. The Kier molecular flexibility index (Phi) is 5.70. The molecule has 0 aliphatic heterocycles. The van der Waals surface area contributed by atoms with E-state index in [2.05, 4.69) is 23.1 Å². The molecule has 0 aliphatic rings. The van der Waals surface area contributed by atoms with E-state index in [0.29, 0.717) is 16.4 Å². The van der Waals surface area contributed by atoms with E-state index in [1.54, 1.807) is 13.1 Å². The Balaban J connectivity index is 0.00000106. The third-order valence-electron chi connectivity index (χ3n) is 1.69. The van der Waals surface area contributed by atoms with Crippen molar-refractivity contribution in [3.63, 3.8) is 0 Å². The minimum absolute atomic E-state index is 0.242. The quantitative estimate of drug-likeness (QED) is 0.763. The minimum Gasteiger partial charge on any atom is -0.366 e. The largest absolute Gasteiger partial charge is 0.366 e. The Hall–Kier alpha value is -1.97. The van der Waals surface area contributed by atoms with Crippen LogP contribution in [0.1, 0.15) is 19.5 Å². The number of amides is 1. The molecule has 0 aromatic carbocycles. The molecule has 0 aliphatic carbocycles. The Morgan fingerprint density at radius 2 is 2.06 bits per heavy atom. The molecule has 4 heteroatoms. The fourth-order valence-electron chi connectivity index (χ4n) is 1.03. The van der Waals surface area contributed by atoms with Gasteiger partial charge in [0.1, 0.15) is 5.35 Å². The highest BCUT2D eigenvalue weighted by atomic mass is 16.1. The van der Waals surface area contributed by atoms with E-state index in [0.717, 1.165) is 0 Å². The van der Waals surface area contributed by atoms with E-state index < -0.39 is 5.91 Å². The molecule has 0 fully saturated rings. The van der Waals surface area contributed by atoms with Crippen molar-refractivity contribution in [2.24, 2.45) is 5.73 Å². The highest BCUT2D eigenvalue weighted by molar-refractivity contribution is 6.15. The average Bonchev–Trinajstić information content (AvgIpc) is 2.26. The van der Waals surface area contributed by atoms with Gasteiger partial charge in [0.25, 0.3) is 5.91 Å². The SMILES string of the molecule is C=C/C(C(N)=O)=c1/nc(C)cnc1=C.CC. The molecular weight excluding hydrogens is 202 g/mol. The smallest absolute Gasteiger partial charge is 0.250 e. The molecule has 0 atom stereocenters. The molecule has 1 amide bonds. The van der Waals surface area contributed by atoms with Gasteiger partial charge in [0.2, 0.25) is 0 Å². The van der Waals surface area contributed by atoms with Gasteiger partial charge >= 0.3 is 0 Å². The predicted molar refractivity (Wildman–Crippen MR) is 65.7 cm³/mol. The molecule has 16 heavy (non-hydrogen) atoms. The van der Waals surface area contributed by atoms with Crippen molar-refractivity contribution in [2.75, 3.05) is 0 Å². The molecular formula is C12H17N3O. The van der Waals surface area contributed by atoms with Gasteiger partial charge in [-0.2, -0.15) is 0 Å². The van der Waals surface area contributed by atoms with E-state index in [9.17, 15) is 4.79 Å². The number of aromatic nitrogens is 2. The highest BCUT2D eigenvalue weighted by Gasteiger charge is 2.03. The van der Waals surface area contributed by atoms with Gasteiger partial charge in [0, 0.05) is 6.20 Å². The van der Waals surface area contributed by atoms with E-state index in [4.69, 9.17) is 5.73 Å². The van der Waals surface area contributed by atoms with Crippen LogP contribution in [0.25, 0.3) is 12.2 Å². The van der Waals surface area contributed by atoms with Crippen molar-refractivity contribution in [1.29, 1.82) is 0 Å². The number of hydrogen-bond acceptors (Lipinski definition) is 3. The van der Waals surface area contributed by atoms with Crippen LogP contribution in [0.4, 0.5) is 0 Å². The second kappa shape index (κ2) is 6.50. The first-order chi connectivity index (χ1) is 7.56. The van der Waals surface area contributed by atoms with Crippen molar-refractivity contribution in [3.05, 3.63) is 35.2 Å². The fourth-order valence-corrected chi connectivity index (χ4v) is 1.03. The minimum atomic E-state index is -0.579. The molecule has 0 spiro atoms. The summed E-state index contributed by atoms with van der Waals surface area (Å²) in [5, 5.41) is 0.816. The van der Waals surface area contributed by atoms with Gasteiger partial charge in [-0.25, -0.2) is 4.98 Å². The van der Waals surface area contributed by atoms with Crippen molar-refractivity contribution < 1.29 is 4.79 Å². The third kappa shape index (κ3) is 3.31. The molecule has 1 aromatic rings. The maximum atomic E-state index is 11.0. The van der Waals surface area contributed by atoms with Crippen molar-refractivity contribution in [1.82, 2.24) is 9.97 Å². The van der Waals surface area contributed by atoms with Gasteiger partial charge in [-0.05, 0) is 6.92 Å². The number of hydrogen-bond donors (Lipinski definition) is 1. The fraction of sp³-hybridized carbons (Fsp3) is 0.250. The van der Waals surface area contributed by atoms with Gasteiger partial charge in [-0.1, -0.05) is 33.1 Å². The standard InChI is InChI=1S/C10H11N3O.C2H6/c1-4-8(10(11)14)9-7(3)12-5-6(2)13-9;1-2/h4-5H,1,3H2,2H3,(H2,11,14);1-2H3/b9-8-;. The van der Waals surface area contributed by atoms with Crippen molar-refractivity contribution >= 4 is 18.1 Å². The van der Waals surface area contributed by atoms with E-state index >= 15 is 0 Å². The predicted octanol–water partition coefficient (Wildman–Crippen LogP) is 0.0435. The number of rotatable bonds is 2. The lowest BCUT2D eigenvalue weighted by molar-refractivity contribution is -0.112. The summed E-state index contributed by atoms with van der Waals surface area (Å²) < 4.78 is 0. The lowest BCUT2D eigenvalue weighted by atomic mass is 10.2. The summed E-state index contributed by atoms with van der Waals surface area (Å²) in [4.78, 5) is 19.1. The molecule has 86 valence electrons. The summed E-state index contributed by atoms with van der Waals surface area (Å²) in [6.07, 6.45) is 2.94. The zero-order valence-electron chi connectivity index (χ0n) is 9.95. The molecule has 2 N–H and O–H groups in total. The summed E-state index contributed by atoms with van der Waals surface area (Å²) in [6, 6.07) is 0. The van der Waals surface area contributed by atoms with Crippen LogP contribution in [0.3, 0.4) is 0 Å². The monoisotopic (exact) mass is 219 g/mol. The Morgan fingerprint density at radius 3 is 2.50 bits per heavy atom. The molecule has 0 radical (unpaired) electrons. The number of nitrogens with two attached hydrogens (primary N) is 1. The van der Waals surface area contributed by atoms with Crippen LogP contribution in [0.5, 0.6) is 0 Å². The van der Waals surface area contributed by atoms with Crippen LogP contribution in [0, 0.1) is 6.92 Å². The summed E-state index contributed by atoms with van der Waals surface area (Å²) in [6.45, 7) is 12.9. The lowest BCUT2D eigenvalue weighted by Crippen LogP contribution is -2.35. The van der Waals surface area contributed by atoms with Gasteiger partial charge in [0.15, 0.2) is 0 Å². The van der Waals surface area contributed by atoms with Crippen LogP contribution in [0.2, 0.25) is 0 Å². The Morgan fingerprint density at radius 1 is 1.50 bits per heavy atom.